The number of halogens is 6. The molecule has 0 radical (unpaired) electrons. The minimum absolute atomic E-state index is 0.0832. The fourth-order valence-electron chi connectivity index (χ4n) is 9.02. The van der Waals surface area contributed by atoms with E-state index < -0.39 is 36.0 Å². The van der Waals surface area contributed by atoms with Gasteiger partial charge in [0, 0.05) is 69.3 Å². The van der Waals surface area contributed by atoms with Crippen molar-refractivity contribution < 1.29 is 59.7 Å². The van der Waals surface area contributed by atoms with Crippen LogP contribution in [0.2, 0.25) is 0 Å². The number of pyridine rings is 4. The predicted octanol–water partition coefficient (Wildman–Crippen LogP) is 11.4. The van der Waals surface area contributed by atoms with Crippen LogP contribution >= 0.6 is 0 Å². The van der Waals surface area contributed by atoms with Crippen LogP contribution in [0.15, 0.2) is 176 Å². The maximum Gasteiger partial charge on any atom is 0.573 e. The van der Waals surface area contributed by atoms with Crippen LogP contribution in [0.1, 0.15) is 88.2 Å². The molecule has 0 fully saturated rings. The summed E-state index contributed by atoms with van der Waals surface area (Å²) in [6.07, 6.45) is -5.40. The third-order valence-electron chi connectivity index (χ3n) is 12.6. The molecule has 82 heavy (non-hydrogen) atoms. The average molecular weight is 1120 g/mol. The van der Waals surface area contributed by atoms with Gasteiger partial charge >= 0.3 is 12.7 Å². The molecule has 0 unspecified atom stereocenters. The van der Waals surface area contributed by atoms with Gasteiger partial charge in [0.15, 0.2) is 0 Å². The van der Waals surface area contributed by atoms with Crippen LogP contribution in [-0.4, -0.2) is 84.1 Å². The van der Waals surface area contributed by atoms with Crippen LogP contribution in [0.5, 0.6) is 17.2 Å². The van der Waals surface area contributed by atoms with E-state index in [2.05, 4.69) is 45.9 Å². The zero-order valence-electron chi connectivity index (χ0n) is 43.6. The number of anilines is 2. The predicted molar refractivity (Wildman–Crippen MR) is 288 cm³/mol. The highest BCUT2D eigenvalue weighted by atomic mass is 19.4. The first-order valence-electron chi connectivity index (χ1n) is 25.7. The molecule has 1 aliphatic heterocycles. The molecule has 4 aromatic heterocycles. The van der Waals surface area contributed by atoms with Gasteiger partial charge in [-0.3, -0.25) is 43.8 Å². The van der Waals surface area contributed by atoms with Gasteiger partial charge < -0.3 is 24.8 Å². The van der Waals surface area contributed by atoms with Crippen molar-refractivity contribution in [3.63, 3.8) is 0 Å². The highest BCUT2D eigenvalue weighted by molar-refractivity contribution is 6.21. The van der Waals surface area contributed by atoms with E-state index in [1.165, 1.54) is 29.2 Å². The Hall–Kier alpha value is -9.54. The number of carbonyl (C=O) groups is 4. The van der Waals surface area contributed by atoms with Gasteiger partial charge in [-0.1, -0.05) is 42.5 Å². The van der Waals surface area contributed by atoms with E-state index in [0.717, 1.165) is 46.8 Å². The highest BCUT2D eigenvalue weighted by Crippen LogP contribution is 2.28. The molecule has 0 bridgehead atoms. The molecule has 4 amide bonds. The number of carbonyl (C=O) groups excluding carboxylic acids is 4. The van der Waals surface area contributed by atoms with Crippen molar-refractivity contribution >= 4 is 35.3 Å². The normalized spacial score (nSPS) is 12.4. The SMILES string of the molecule is O=C(Nc1cccc(CN(Cc2cc(CN(Cc3ccccn3)Cc3cccc(NC(=O)c4ccc(OC(F)(F)F)cc4)n3)cc(OCCCCN3C(=O)c4ccccc4C3=O)c2)Cc2ccccn2)n1)c1ccc(OC(F)(F)F)cc1. The number of nitrogens with one attached hydrogen (secondary N) is 2. The lowest BCUT2D eigenvalue weighted by Gasteiger charge is -2.25. The highest BCUT2D eigenvalue weighted by Gasteiger charge is 2.35. The molecule has 0 saturated heterocycles. The van der Waals surface area contributed by atoms with Crippen molar-refractivity contribution in [1.29, 1.82) is 0 Å². The Bertz CT molecular complexity index is 3290. The number of hydrogen-bond acceptors (Lipinski definition) is 13. The lowest BCUT2D eigenvalue weighted by molar-refractivity contribution is -0.275. The molecule has 22 heteroatoms. The van der Waals surface area contributed by atoms with Crippen LogP contribution in [0, 0.1) is 0 Å². The molecule has 2 N–H and O–H groups in total. The topological polar surface area (TPSA) is 181 Å². The lowest BCUT2D eigenvalue weighted by Crippen LogP contribution is -2.30. The quantitative estimate of drug-likeness (QED) is 0.0332. The number of nitrogens with zero attached hydrogens (tertiary/aromatic N) is 7. The first-order valence-corrected chi connectivity index (χ1v) is 25.7. The number of aromatic nitrogens is 4. The van der Waals surface area contributed by atoms with E-state index in [9.17, 15) is 45.5 Å². The van der Waals surface area contributed by atoms with Crippen LogP contribution in [0.25, 0.3) is 0 Å². The molecule has 1 aliphatic rings. The van der Waals surface area contributed by atoms with Gasteiger partial charge in [-0.05, 0) is 145 Å². The summed E-state index contributed by atoms with van der Waals surface area (Å²) >= 11 is 0. The molecule has 0 saturated carbocycles. The van der Waals surface area contributed by atoms with Gasteiger partial charge in [-0.2, -0.15) is 0 Å². The molecular weight excluding hydrogens is 1070 g/mol. The Morgan fingerprint density at radius 2 is 0.902 bits per heavy atom. The summed E-state index contributed by atoms with van der Waals surface area (Å²) in [4.78, 5) is 76.7. The average Bonchev–Trinajstić information content (AvgIpc) is 3.75. The summed E-state index contributed by atoms with van der Waals surface area (Å²) in [7, 11) is 0. The van der Waals surface area contributed by atoms with E-state index >= 15 is 0 Å². The third kappa shape index (κ3) is 16.5. The monoisotopic (exact) mass is 1120 g/mol. The maximum atomic E-state index is 13.2. The van der Waals surface area contributed by atoms with Crippen LogP contribution in [-0.2, 0) is 39.3 Å². The largest absolute Gasteiger partial charge is 0.573 e. The maximum absolute atomic E-state index is 13.2. The molecule has 5 heterocycles. The van der Waals surface area contributed by atoms with Gasteiger partial charge in [0.25, 0.3) is 23.6 Å². The van der Waals surface area contributed by atoms with Crippen molar-refractivity contribution in [3.05, 3.63) is 232 Å². The van der Waals surface area contributed by atoms with Crippen molar-refractivity contribution in [2.24, 2.45) is 0 Å². The van der Waals surface area contributed by atoms with Crippen LogP contribution in [0.3, 0.4) is 0 Å². The summed E-state index contributed by atoms with van der Waals surface area (Å²) in [5, 5.41) is 5.45. The van der Waals surface area contributed by atoms with E-state index in [-0.39, 0.29) is 60.8 Å². The van der Waals surface area contributed by atoms with Crippen LogP contribution in [0.4, 0.5) is 38.0 Å². The Kier molecular flexibility index (Phi) is 18.2. The first-order chi connectivity index (χ1) is 39.4. The van der Waals surface area contributed by atoms with Gasteiger partial charge in [0.05, 0.1) is 40.5 Å². The molecule has 0 spiro atoms. The van der Waals surface area contributed by atoms with E-state index in [0.29, 0.717) is 67.3 Å². The Balaban J connectivity index is 0.955. The molecule has 0 atom stereocenters. The second-order valence-corrected chi connectivity index (χ2v) is 18.9. The van der Waals surface area contributed by atoms with Crippen molar-refractivity contribution in [1.82, 2.24) is 34.6 Å². The summed E-state index contributed by atoms with van der Waals surface area (Å²) in [6.45, 7) is 2.42. The number of amides is 4. The zero-order chi connectivity index (χ0) is 57.6. The molecular formula is C60H51F6N9O7. The molecule has 420 valence electrons. The molecule has 4 aromatic carbocycles. The second-order valence-electron chi connectivity index (χ2n) is 18.9. The van der Waals surface area contributed by atoms with E-state index in [1.807, 2.05) is 48.5 Å². The Morgan fingerprint density at radius 1 is 0.476 bits per heavy atom. The number of alkyl halides is 6. The van der Waals surface area contributed by atoms with Gasteiger partial charge in [-0.15, -0.1) is 26.3 Å². The van der Waals surface area contributed by atoms with Gasteiger partial charge in [0.1, 0.15) is 28.9 Å². The minimum Gasteiger partial charge on any atom is -0.494 e. The summed E-state index contributed by atoms with van der Waals surface area (Å²) < 4.78 is 90.9. The van der Waals surface area contributed by atoms with Gasteiger partial charge in [0.2, 0.25) is 0 Å². The standard InChI is InChI=1S/C60H51F6N9O7/c61-59(62,63)81-48-23-19-42(20-24-48)55(76)71-53-17-9-13-46(69-53)38-73(36-44-11-3-5-27-67-44)34-40-31-41(33-50(32-40)80-30-8-7-29-75-57(78)51-15-1-2-16-52(51)58(75)79)35-74(37-45-12-4-6-28-68-45)39-47-14-10-18-54(70-47)72-56(77)43-21-25-49(26-22-43)82-60(64,65)66/h1-6,9-28,31-33H,7-8,29-30,34-39H2,(H,69,71,76)(H,70,72,77). The fraction of sp³-hybridized carbons (Fsp3) is 0.200. The number of benzene rings is 4. The molecule has 0 aliphatic carbocycles. The van der Waals surface area contributed by atoms with Crippen LogP contribution < -0.4 is 24.8 Å². The second kappa shape index (κ2) is 26.2. The first kappa shape index (κ1) is 57.2. The summed E-state index contributed by atoms with van der Waals surface area (Å²) in [6, 6.07) is 43.1. The third-order valence-corrected chi connectivity index (χ3v) is 12.6. The van der Waals surface area contributed by atoms with E-state index in [4.69, 9.17) is 14.7 Å². The summed E-state index contributed by atoms with van der Waals surface area (Å²) in [5.74, 6) is -1.84. The number of imide groups is 1. The molecule has 9 rings (SSSR count). The minimum atomic E-state index is -4.89. The fourth-order valence-corrected chi connectivity index (χ4v) is 9.02. The number of hydrogen-bond donors (Lipinski definition) is 2. The smallest absolute Gasteiger partial charge is 0.494 e. The van der Waals surface area contributed by atoms with Gasteiger partial charge in [-0.25, -0.2) is 9.97 Å². The number of unbranched alkanes of at least 4 members (excludes halogenated alkanes) is 1. The van der Waals surface area contributed by atoms with E-state index in [1.54, 1.807) is 73.1 Å². The Morgan fingerprint density at radius 3 is 1.33 bits per heavy atom. The molecule has 16 nitrogen and oxygen atoms in total. The molecule has 8 aromatic rings. The number of rotatable bonds is 24. The number of fused-ring (bicyclic) bond motifs is 1. The van der Waals surface area contributed by atoms with Crippen molar-refractivity contribution in [2.45, 2.75) is 64.8 Å². The number of ether oxygens (including phenoxy) is 3. The Labute approximate surface area is 466 Å². The zero-order valence-corrected chi connectivity index (χ0v) is 43.6. The van der Waals surface area contributed by atoms with Crippen molar-refractivity contribution in [2.75, 3.05) is 23.8 Å². The lowest BCUT2D eigenvalue weighted by atomic mass is 10.1. The summed E-state index contributed by atoms with van der Waals surface area (Å²) in [5.41, 5.74) is 5.29. The van der Waals surface area contributed by atoms with Crippen molar-refractivity contribution in [3.8, 4) is 17.2 Å².